The highest BCUT2D eigenvalue weighted by atomic mass is 32.2. The number of halogens is 2. The topological polar surface area (TPSA) is 131 Å². The number of H-pyrrole nitrogens is 2. The van der Waals surface area contributed by atoms with E-state index in [0.717, 1.165) is 23.9 Å². The molecule has 0 radical (unpaired) electrons. The molecule has 0 saturated carbocycles. The molecule has 0 amide bonds. The molecule has 0 aliphatic rings. The highest BCUT2D eigenvalue weighted by molar-refractivity contribution is 7.98. The van der Waals surface area contributed by atoms with Gasteiger partial charge in [0.05, 0.1) is 5.03 Å². The fourth-order valence-corrected chi connectivity index (χ4v) is 2.99. The third-order valence-corrected chi connectivity index (χ3v) is 4.15. The fraction of sp³-hybridized carbons (Fsp3) is 0.0625. The lowest BCUT2D eigenvalue weighted by Gasteiger charge is -2.03. The smallest absolute Gasteiger partial charge is 0.253 e. The third kappa shape index (κ3) is 6.46. The largest absolute Gasteiger partial charge is 0.398 e. The Bertz CT molecular complexity index is 1030. The molecule has 3 rings (SSSR count). The van der Waals surface area contributed by atoms with Crippen molar-refractivity contribution in [2.75, 3.05) is 11.5 Å². The number of nitrogen functional groups attached to an aromatic ring is 2. The maximum absolute atomic E-state index is 13.4. The molecule has 6 N–H and O–H groups in total. The lowest BCUT2D eigenvalue weighted by Crippen LogP contribution is -2.09. The molecule has 0 aliphatic heterocycles. The molecule has 142 valence electrons. The number of benzene rings is 1. The van der Waals surface area contributed by atoms with Gasteiger partial charge in [0, 0.05) is 29.1 Å². The molecule has 0 fully saturated rings. The Labute approximate surface area is 161 Å². The summed E-state index contributed by atoms with van der Waals surface area (Å²) in [6.07, 6.45) is 0. The van der Waals surface area contributed by atoms with Gasteiger partial charge in [0.25, 0.3) is 11.1 Å². The average Bonchev–Trinajstić information content (AvgIpc) is 2.54. The van der Waals surface area contributed by atoms with Gasteiger partial charge >= 0.3 is 0 Å². The van der Waals surface area contributed by atoms with E-state index in [0.29, 0.717) is 10.7 Å². The van der Waals surface area contributed by atoms with Gasteiger partial charge in [0.15, 0.2) is 16.8 Å². The van der Waals surface area contributed by atoms with E-state index in [4.69, 9.17) is 11.5 Å². The van der Waals surface area contributed by atoms with Crippen molar-refractivity contribution in [2.24, 2.45) is 0 Å². The van der Waals surface area contributed by atoms with Crippen molar-refractivity contribution >= 4 is 35.9 Å². The minimum Gasteiger partial charge on any atom is -0.398 e. The number of nitrogens with two attached hydrogens (primary N) is 2. The number of rotatable bonds is 3. The summed E-state index contributed by atoms with van der Waals surface area (Å²) in [6, 6.07) is 7.96. The summed E-state index contributed by atoms with van der Waals surface area (Å²) in [5, 5.41) is 0.753. The maximum Gasteiger partial charge on any atom is 0.253 e. The normalized spacial score (nSPS) is 10.2. The number of nitrogens with one attached hydrogen (secondary N) is 2. The second-order valence-corrected chi connectivity index (χ2v) is 6.59. The molecular weight excluding hydrogens is 396 g/mol. The Balaban J connectivity index is 0.000000244. The van der Waals surface area contributed by atoms with Gasteiger partial charge in [0.2, 0.25) is 0 Å². The molecule has 7 nitrogen and oxygen atoms in total. The van der Waals surface area contributed by atoms with E-state index in [1.807, 2.05) is 0 Å². The molecule has 2 heterocycles. The second kappa shape index (κ2) is 9.24. The molecule has 0 spiro atoms. The van der Waals surface area contributed by atoms with E-state index in [1.54, 1.807) is 6.07 Å². The fourth-order valence-electron chi connectivity index (χ4n) is 1.88. The summed E-state index contributed by atoms with van der Waals surface area (Å²) in [6.45, 7) is 0. The summed E-state index contributed by atoms with van der Waals surface area (Å²) in [4.78, 5) is 30.4. The van der Waals surface area contributed by atoms with Gasteiger partial charge in [-0.05, 0) is 12.1 Å². The zero-order valence-corrected chi connectivity index (χ0v) is 15.4. The van der Waals surface area contributed by atoms with Crippen LogP contribution in [0.2, 0.25) is 0 Å². The monoisotopic (exact) mass is 411 g/mol. The highest BCUT2D eigenvalue weighted by Crippen LogP contribution is 2.21. The molecule has 0 aliphatic carbocycles. The Morgan fingerprint density at radius 3 is 2.41 bits per heavy atom. The molecule has 2 aromatic heterocycles. The number of anilines is 2. The van der Waals surface area contributed by atoms with Crippen molar-refractivity contribution in [2.45, 2.75) is 15.9 Å². The molecule has 0 bridgehead atoms. The minimum atomic E-state index is -0.901. The molecule has 0 saturated heterocycles. The molecule has 0 unspecified atom stereocenters. The number of pyridine rings is 1. The standard InChI is InChI=1S/C11H9F2N3OS.C5H6N2OS/c12-7-3-1-2-6(10(7)13)5-18-11-15-8(14)4-9(17)16-11;6-3-1-4(8)7-5(9)2-3/h1-4H,5H2,(H3,14,15,16,17);1-2H,(H4,6,7,8,9). The Hall–Kier alpha value is -2.79. The first-order chi connectivity index (χ1) is 12.7. The van der Waals surface area contributed by atoms with Crippen LogP contribution < -0.4 is 22.6 Å². The van der Waals surface area contributed by atoms with Crippen molar-refractivity contribution in [1.82, 2.24) is 15.0 Å². The van der Waals surface area contributed by atoms with Crippen molar-refractivity contribution in [3.8, 4) is 0 Å². The van der Waals surface area contributed by atoms with Gasteiger partial charge < -0.3 is 21.4 Å². The van der Waals surface area contributed by atoms with Gasteiger partial charge in [0.1, 0.15) is 5.82 Å². The first-order valence-corrected chi connectivity index (χ1v) is 8.79. The second-order valence-electron chi connectivity index (χ2n) is 5.14. The van der Waals surface area contributed by atoms with E-state index >= 15 is 0 Å². The Morgan fingerprint density at radius 1 is 1.07 bits per heavy atom. The van der Waals surface area contributed by atoms with Gasteiger partial charge in [-0.2, -0.15) is 0 Å². The number of hydrogen-bond donors (Lipinski definition) is 5. The van der Waals surface area contributed by atoms with E-state index in [-0.39, 0.29) is 33.4 Å². The van der Waals surface area contributed by atoms with Crippen LogP contribution in [-0.4, -0.2) is 15.0 Å². The number of nitrogens with zero attached hydrogens (tertiary/aromatic N) is 1. The first-order valence-electron chi connectivity index (χ1n) is 7.36. The van der Waals surface area contributed by atoms with Crippen molar-refractivity contribution in [3.05, 3.63) is 74.3 Å². The van der Waals surface area contributed by atoms with Gasteiger partial charge in [-0.1, -0.05) is 23.9 Å². The summed E-state index contributed by atoms with van der Waals surface area (Å²) in [7, 11) is 0. The van der Waals surface area contributed by atoms with Crippen molar-refractivity contribution in [3.63, 3.8) is 0 Å². The van der Waals surface area contributed by atoms with Crippen molar-refractivity contribution < 1.29 is 8.78 Å². The third-order valence-electron chi connectivity index (χ3n) is 2.99. The quantitative estimate of drug-likeness (QED) is 0.255. The Morgan fingerprint density at radius 2 is 1.78 bits per heavy atom. The number of aromatic amines is 2. The van der Waals surface area contributed by atoms with Crippen LogP contribution in [0.5, 0.6) is 0 Å². The van der Waals surface area contributed by atoms with Crippen molar-refractivity contribution in [1.29, 1.82) is 0 Å². The highest BCUT2D eigenvalue weighted by Gasteiger charge is 2.08. The summed E-state index contributed by atoms with van der Waals surface area (Å²) < 4.78 is 26.3. The van der Waals surface area contributed by atoms with Gasteiger partial charge in [-0.25, -0.2) is 13.8 Å². The molecule has 3 aromatic rings. The van der Waals surface area contributed by atoms with Crippen LogP contribution in [0.4, 0.5) is 20.3 Å². The molecule has 0 atom stereocenters. The van der Waals surface area contributed by atoms with Crippen LogP contribution in [-0.2, 0) is 5.75 Å². The number of thioether (sulfide) groups is 1. The van der Waals surface area contributed by atoms with Crippen LogP contribution >= 0.6 is 24.4 Å². The van der Waals surface area contributed by atoms with Crippen LogP contribution in [0, 0.1) is 11.6 Å². The zero-order valence-electron chi connectivity index (χ0n) is 13.7. The lowest BCUT2D eigenvalue weighted by molar-refractivity contribution is 0.502. The number of aromatic nitrogens is 3. The summed E-state index contributed by atoms with van der Waals surface area (Å²) >= 11 is 4.96. The van der Waals surface area contributed by atoms with E-state index in [1.165, 1.54) is 18.2 Å². The molecule has 1 aromatic carbocycles. The van der Waals surface area contributed by atoms with Gasteiger partial charge in [-0.15, -0.1) is 12.6 Å². The maximum atomic E-state index is 13.4. The van der Waals surface area contributed by atoms with Crippen LogP contribution in [0.15, 0.2) is 56.2 Å². The van der Waals surface area contributed by atoms with Crippen LogP contribution in [0.25, 0.3) is 0 Å². The van der Waals surface area contributed by atoms with Gasteiger partial charge in [-0.3, -0.25) is 9.59 Å². The zero-order chi connectivity index (χ0) is 20.0. The minimum absolute atomic E-state index is 0.0842. The van der Waals surface area contributed by atoms with Crippen LogP contribution in [0.1, 0.15) is 5.56 Å². The van der Waals surface area contributed by atoms with E-state index in [9.17, 15) is 18.4 Å². The predicted octanol–water partition coefficient (Wildman–Crippen LogP) is 2.17. The summed E-state index contributed by atoms with van der Waals surface area (Å²) in [5.74, 6) is -1.56. The Kier molecular flexibility index (Phi) is 7.02. The summed E-state index contributed by atoms with van der Waals surface area (Å²) in [5.41, 5.74) is 10.7. The molecule has 11 heteroatoms. The first kappa shape index (κ1) is 20.5. The lowest BCUT2D eigenvalue weighted by atomic mass is 10.2. The van der Waals surface area contributed by atoms with Crippen LogP contribution in [0.3, 0.4) is 0 Å². The number of hydrogen-bond acceptors (Lipinski definition) is 7. The van der Waals surface area contributed by atoms with E-state index < -0.39 is 11.6 Å². The SMILES string of the molecule is Nc1cc(=O)[nH]c(SCc2cccc(F)c2F)n1.Nc1cc(S)[nH]c(=O)c1. The predicted molar refractivity (Wildman–Crippen MR) is 104 cm³/mol. The average molecular weight is 411 g/mol. The van der Waals surface area contributed by atoms with E-state index in [2.05, 4.69) is 27.6 Å². The molecule has 27 heavy (non-hydrogen) atoms. The molecular formula is C16H15F2N5O2S2. The number of thiol groups is 1.